The molecule has 1 atom stereocenters. The first-order chi connectivity index (χ1) is 9.95. The second-order valence-corrected chi connectivity index (χ2v) is 5.70. The summed E-state index contributed by atoms with van der Waals surface area (Å²) in [6, 6.07) is 4.68. The molecule has 0 fully saturated rings. The Morgan fingerprint density at radius 2 is 2.05 bits per heavy atom. The van der Waals surface area contributed by atoms with Crippen molar-refractivity contribution in [2.24, 2.45) is 5.73 Å². The summed E-state index contributed by atoms with van der Waals surface area (Å²) in [6.07, 6.45) is 3.26. The zero-order valence-corrected chi connectivity index (χ0v) is 13.0. The first-order valence-electron chi connectivity index (χ1n) is 6.41. The van der Waals surface area contributed by atoms with Crippen LogP contribution in [0.4, 0.5) is 4.39 Å². The molecule has 0 radical (unpaired) electrons. The van der Waals surface area contributed by atoms with Crippen LogP contribution in [0.15, 0.2) is 30.6 Å². The quantitative estimate of drug-likeness (QED) is 0.902. The van der Waals surface area contributed by atoms with Gasteiger partial charge in [0.15, 0.2) is 0 Å². The first-order valence-corrected chi connectivity index (χ1v) is 7.17. The number of nitrogens with two attached hydrogens (primary N) is 1. The highest BCUT2D eigenvalue weighted by Gasteiger charge is 2.13. The highest BCUT2D eigenvalue weighted by molar-refractivity contribution is 6.35. The molecule has 0 saturated carbocycles. The zero-order chi connectivity index (χ0) is 15.4. The Hall–Kier alpha value is -1.36. The standard InChI is InChI=1S/C15H15Cl2FN2O/c1-9(19)2-11-4-12(16)5-14(17)15(11)21-8-10-3-13(18)7-20-6-10/h3-7,9H,2,8,19H2,1H3. The van der Waals surface area contributed by atoms with Gasteiger partial charge in [0.1, 0.15) is 18.2 Å². The van der Waals surface area contributed by atoms with Crippen molar-refractivity contribution < 1.29 is 9.13 Å². The van der Waals surface area contributed by atoms with Gasteiger partial charge in [-0.25, -0.2) is 4.39 Å². The van der Waals surface area contributed by atoms with Crippen LogP contribution in [-0.2, 0) is 13.0 Å². The van der Waals surface area contributed by atoms with E-state index >= 15 is 0 Å². The van der Waals surface area contributed by atoms with Gasteiger partial charge in [-0.1, -0.05) is 23.2 Å². The van der Waals surface area contributed by atoms with Crippen molar-refractivity contribution in [3.05, 3.63) is 57.6 Å². The van der Waals surface area contributed by atoms with Crippen LogP contribution >= 0.6 is 23.2 Å². The smallest absolute Gasteiger partial charge is 0.141 e. The topological polar surface area (TPSA) is 48.1 Å². The van der Waals surface area contributed by atoms with Gasteiger partial charge in [-0.15, -0.1) is 0 Å². The lowest BCUT2D eigenvalue weighted by Crippen LogP contribution is -2.18. The first kappa shape index (κ1) is 16.0. The van der Waals surface area contributed by atoms with E-state index in [0.717, 1.165) is 11.8 Å². The SMILES string of the molecule is CC(N)Cc1cc(Cl)cc(Cl)c1OCc1cncc(F)c1. The molecule has 21 heavy (non-hydrogen) atoms. The van der Waals surface area contributed by atoms with Crippen molar-refractivity contribution in [2.45, 2.75) is 26.0 Å². The fraction of sp³-hybridized carbons (Fsp3) is 0.267. The van der Waals surface area contributed by atoms with E-state index in [-0.39, 0.29) is 12.6 Å². The molecule has 0 aliphatic rings. The van der Waals surface area contributed by atoms with E-state index < -0.39 is 5.82 Å². The molecule has 0 amide bonds. The fourth-order valence-corrected chi connectivity index (χ4v) is 2.55. The predicted octanol–water partition coefficient (Wildman–Crippen LogP) is 4.00. The van der Waals surface area contributed by atoms with Gasteiger partial charge in [0.05, 0.1) is 11.2 Å². The molecule has 0 aliphatic heterocycles. The third-order valence-corrected chi connectivity index (χ3v) is 3.27. The summed E-state index contributed by atoms with van der Waals surface area (Å²) in [6.45, 7) is 2.05. The second-order valence-electron chi connectivity index (χ2n) is 4.86. The largest absolute Gasteiger partial charge is 0.487 e. The van der Waals surface area contributed by atoms with Crippen LogP contribution in [0.2, 0.25) is 10.0 Å². The number of hydrogen-bond acceptors (Lipinski definition) is 3. The third-order valence-electron chi connectivity index (χ3n) is 2.77. The minimum atomic E-state index is -0.408. The van der Waals surface area contributed by atoms with E-state index in [2.05, 4.69) is 4.98 Å². The molecule has 0 saturated heterocycles. The zero-order valence-electron chi connectivity index (χ0n) is 11.4. The molecule has 2 rings (SSSR count). The lowest BCUT2D eigenvalue weighted by Gasteiger charge is -2.15. The Morgan fingerprint density at radius 3 is 2.71 bits per heavy atom. The van der Waals surface area contributed by atoms with Gasteiger partial charge in [0.25, 0.3) is 0 Å². The van der Waals surface area contributed by atoms with Gasteiger partial charge >= 0.3 is 0 Å². The van der Waals surface area contributed by atoms with Crippen molar-refractivity contribution >= 4 is 23.2 Å². The summed E-state index contributed by atoms with van der Waals surface area (Å²) in [5.74, 6) is 0.108. The van der Waals surface area contributed by atoms with E-state index in [0.29, 0.717) is 27.8 Å². The lowest BCUT2D eigenvalue weighted by atomic mass is 10.1. The second kappa shape index (κ2) is 7.07. The Labute approximate surface area is 132 Å². The molecular formula is C15H15Cl2FN2O. The van der Waals surface area contributed by atoms with E-state index in [9.17, 15) is 4.39 Å². The summed E-state index contributed by atoms with van der Waals surface area (Å²) in [7, 11) is 0. The molecule has 2 aromatic rings. The Morgan fingerprint density at radius 1 is 1.29 bits per heavy atom. The number of halogens is 3. The van der Waals surface area contributed by atoms with Gasteiger partial charge < -0.3 is 10.5 Å². The average Bonchev–Trinajstić information content (AvgIpc) is 2.36. The number of pyridine rings is 1. The molecule has 1 aromatic heterocycles. The normalized spacial score (nSPS) is 12.2. The van der Waals surface area contributed by atoms with Crippen LogP contribution in [0.25, 0.3) is 0 Å². The number of ether oxygens (including phenoxy) is 1. The maximum absolute atomic E-state index is 13.1. The van der Waals surface area contributed by atoms with Gasteiger partial charge in [-0.05, 0) is 37.1 Å². The molecule has 1 unspecified atom stereocenters. The molecule has 3 nitrogen and oxygen atoms in total. The van der Waals surface area contributed by atoms with Crippen molar-refractivity contribution in [3.63, 3.8) is 0 Å². The molecule has 0 bridgehead atoms. The lowest BCUT2D eigenvalue weighted by molar-refractivity contribution is 0.301. The minimum absolute atomic E-state index is 0.0577. The molecule has 6 heteroatoms. The number of benzene rings is 1. The number of nitrogens with zero attached hydrogens (tertiary/aromatic N) is 1. The van der Waals surface area contributed by atoms with Crippen LogP contribution in [0.1, 0.15) is 18.1 Å². The summed E-state index contributed by atoms with van der Waals surface area (Å²) in [5.41, 5.74) is 7.26. The van der Waals surface area contributed by atoms with Crippen LogP contribution in [0.3, 0.4) is 0 Å². The molecule has 0 spiro atoms. The Balaban J connectivity index is 2.22. The third kappa shape index (κ3) is 4.56. The summed E-state index contributed by atoms with van der Waals surface area (Å²) in [4.78, 5) is 3.77. The highest BCUT2D eigenvalue weighted by atomic mass is 35.5. The number of hydrogen-bond donors (Lipinski definition) is 1. The highest BCUT2D eigenvalue weighted by Crippen LogP contribution is 2.33. The van der Waals surface area contributed by atoms with Crippen LogP contribution < -0.4 is 10.5 Å². The van der Waals surface area contributed by atoms with Gasteiger partial charge in [-0.2, -0.15) is 0 Å². The van der Waals surface area contributed by atoms with Crippen molar-refractivity contribution in [3.8, 4) is 5.75 Å². The van der Waals surface area contributed by atoms with Crippen LogP contribution in [0, 0.1) is 5.82 Å². The summed E-state index contributed by atoms with van der Waals surface area (Å²) >= 11 is 12.2. The monoisotopic (exact) mass is 328 g/mol. The molecule has 1 aromatic carbocycles. The van der Waals surface area contributed by atoms with Crippen LogP contribution in [0.5, 0.6) is 5.75 Å². The molecule has 112 valence electrons. The number of rotatable bonds is 5. The van der Waals surface area contributed by atoms with E-state index in [4.69, 9.17) is 33.7 Å². The van der Waals surface area contributed by atoms with E-state index in [1.165, 1.54) is 12.3 Å². The summed E-state index contributed by atoms with van der Waals surface area (Å²) in [5, 5.41) is 0.929. The predicted molar refractivity (Wildman–Crippen MR) is 82.3 cm³/mol. The van der Waals surface area contributed by atoms with Gasteiger partial charge in [-0.3, -0.25) is 4.98 Å². The Bertz CT molecular complexity index is 635. The molecule has 0 aliphatic carbocycles. The average molecular weight is 329 g/mol. The maximum Gasteiger partial charge on any atom is 0.141 e. The minimum Gasteiger partial charge on any atom is -0.487 e. The van der Waals surface area contributed by atoms with Crippen molar-refractivity contribution in [1.82, 2.24) is 4.98 Å². The summed E-state index contributed by atoms with van der Waals surface area (Å²) < 4.78 is 18.8. The van der Waals surface area contributed by atoms with Crippen LogP contribution in [-0.4, -0.2) is 11.0 Å². The van der Waals surface area contributed by atoms with E-state index in [1.54, 1.807) is 12.1 Å². The van der Waals surface area contributed by atoms with Gasteiger partial charge in [0, 0.05) is 22.8 Å². The molecule has 1 heterocycles. The van der Waals surface area contributed by atoms with Crippen molar-refractivity contribution in [2.75, 3.05) is 0 Å². The maximum atomic E-state index is 13.1. The molecular weight excluding hydrogens is 314 g/mol. The van der Waals surface area contributed by atoms with Gasteiger partial charge in [0.2, 0.25) is 0 Å². The fourth-order valence-electron chi connectivity index (χ4n) is 1.96. The van der Waals surface area contributed by atoms with E-state index in [1.807, 2.05) is 6.92 Å². The molecule has 2 N–H and O–H groups in total. The number of aromatic nitrogens is 1. The van der Waals surface area contributed by atoms with Crippen molar-refractivity contribution in [1.29, 1.82) is 0 Å². The Kier molecular flexibility index (Phi) is 5.39.